The maximum atomic E-state index is 12.0. The topological polar surface area (TPSA) is 118 Å². The van der Waals surface area contributed by atoms with Crippen LogP contribution < -0.4 is 4.74 Å². The number of carbonyl (C=O) groups excluding carboxylic acids is 1. The van der Waals surface area contributed by atoms with E-state index >= 15 is 0 Å². The molecule has 1 aromatic heterocycles. The first kappa shape index (κ1) is 21.0. The Labute approximate surface area is 172 Å². The highest BCUT2D eigenvalue weighted by molar-refractivity contribution is 5.71. The van der Waals surface area contributed by atoms with Crippen molar-refractivity contribution >= 4 is 11.7 Å². The SMILES string of the molecule is CC(C)(C)c1ccccc1OCC(=O)OCc1nnc(-c2ccc([N+](=O)[O-])cc2)o1. The predicted octanol–water partition coefficient (Wildman–Crippen LogP) is 4.06. The molecule has 3 rings (SSSR count). The molecule has 0 bridgehead atoms. The number of nitro benzene ring substituents is 1. The summed E-state index contributed by atoms with van der Waals surface area (Å²) in [5.41, 5.74) is 1.34. The lowest BCUT2D eigenvalue weighted by Gasteiger charge is -2.22. The van der Waals surface area contributed by atoms with Gasteiger partial charge in [0.05, 0.1) is 4.92 Å². The molecule has 0 aliphatic rings. The zero-order valence-corrected chi connectivity index (χ0v) is 16.8. The molecule has 3 aromatic rings. The third-order valence-electron chi connectivity index (χ3n) is 4.19. The number of nitrogens with zero attached hydrogens (tertiary/aromatic N) is 3. The van der Waals surface area contributed by atoms with Crippen LogP contribution >= 0.6 is 0 Å². The van der Waals surface area contributed by atoms with Crippen LogP contribution in [0.5, 0.6) is 5.75 Å². The zero-order chi connectivity index (χ0) is 21.7. The zero-order valence-electron chi connectivity index (χ0n) is 16.8. The van der Waals surface area contributed by atoms with E-state index in [1.807, 2.05) is 24.3 Å². The third kappa shape index (κ3) is 5.19. The molecule has 0 saturated carbocycles. The Morgan fingerprint density at radius 3 is 2.47 bits per heavy atom. The lowest BCUT2D eigenvalue weighted by molar-refractivity contribution is -0.384. The fraction of sp³-hybridized carbons (Fsp3) is 0.286. The van der Waals surface area contributed by atoms with Gasteiger partial charge in [-0.3, -0.25) is 10.1 Å². The van der Waals surface area contributed by atoms with E-state index in [4.69, 9.17) is 13.9 Å². The molecule has 0 saturated heterocycles. The van der Waals surface area contributed by atoms with Crippen molar-refractivity contribution in [2.45, 2.75) is 32.8 Å². The number of para-hydroxylation sites is 1. The highest BCUT2D eigenvalue weighted by Crippen LogP contribution is 2.30. The van der Waals surface area contributed by atoms with Crippen LogP contribution in [0.4, 0.5) is 5.69 Å². The maximum absolute atomic E-state index is 12.0. The highest BCUT2D eigenvalue weighted by Gasteiger charge is 2.19. The second-order valence-electron chi connectivity index (χ2n) is 7.50. The van der Waals surface area contributed by atoms with Crippen LogP contribution in [0.3, 0.4) is 0 Å². The molecule has 2 aromatic carbocycles. The molecule has 0 atom stereocenters. The molecule has 0 radical (unpaired) electrons. The van der Waals surface area contributed by atoms with E-state index in [0.29, 0.717) is 11.3 Å². The van der Waals surface area contributed by atoms with Crippen molar-refractivity contribution < 1.29 is 23.6 Å². The van der Waals surface area contributed by atoms with Crippen molar-refractivity contribution in [3.05, 3.63) is 70.1 Å². The summed E-state index contributed by atoms with van der Waals surface area (Å²) >= 11 is 0. The van der Waals surface area contributed by atoms with Crippen LogP contribution in [0.25, 0.3) is 11.5 Å². The van der Waals surface area contributed by atoms with Gasteiger partial charge in [-0.2, -0.15) is 0 Å². The average molecular weight is 411 g/mol. The number of esters is 1. The second kappa shape index (κ2) is 8.73. The first-order chi connectivity index (χ1) is 14.2. The number of ether oxygens (including phenoxy) is 2. The summed E-state index contributed by atoms with van der Waals surface area (Å²) < 4.78 is 16.2. The smallest absolute Gasteiger partial charge is 0.344 e. The molecule has 0 aliphatic carbocycles. The Bertz CT molecular complexity index is 1040. The number of hydrogen-bond donors (Lipinski definition) is 0. The number of carbonyl (C=O) groups is 1. The maximum Gasteiger partial charge on any atom is 0.344 e. The summed E-state index contributed by atoms with van der Waals surface area (Å²) in [6.45, 7) is 5.72. The van der Waals surface area contributed by atoms with E-state index in [-0.39, 0.29) is 36.1 Å². The monoisotopic (exact) mass is 411 g/mol. The summed E-state index contributed by atoms with van der Waals surface area (Å²) in [5.74, 6) is 0.326. The Kier molecular flexibility index (Phi) is 6.10. The third-order valence-corrected chi connectivity index (χ3v) is 4.19. The highest BCUT2D eigenvalue weighted by atomic mass is 16.6. The van der Waals surface area contributed by atoms with Gasteiger partial charge in [-0.25, -0.2) is 4.79 Å². The van der Waals surface area contributed by atoms with Crippen LogP contribution in [0.15, 0.2) is 52.9 Å². The first-order valence-corrected chi connectivity index (χ1v) is 9.19. The van der Waals surface area contributed by atoms with Crippen molar-refractivity contribution in [2.24, 2.45) is 0 Å². The van der Waals surface area contributed by atoms with E-state index in [1.165, 1.54) is 24.3 Å². The number of benzene rings is 2. The van der Waals surface area contributed by atoms with E-state index in [0.717, 1.165) is 5.56 Å². The van der Waals surface area contributed by atoms with Crippen molar-refractivity contribution in [3.63, 3.8) is 0 Å². The molecular weight excluding hydrogens is 390 g/mol. The fourth-order valence-electron chi connectivity index (χ4n) is 2.69. The van der Waals surface area contributed by atoms with Gasteiger partial charge in [0.1, 0.15) is 5.75 Å². The number of aromatic nitrogens is 2. The quantitative estimate of drug-likeness (QED) is 0.324. The normalized spacial score (nSPS) is 11.2. The Balaban J connectivity index is 1.54. The molecule has 9 heteroatoms. The van der Waals surface area contributed by atoms with Crippen molar-refractivity contribution in [1.82, 2.24) is 10.2 Å². The van der Waals surface area contributed by atoms with Crippen LogP contribution in [0, 0.1) is 10.1 Å². The van der Waals surface area contributed by atoms with Crippen molar-refractivity contribution in [3.8, 4) is 17.2 Å². The number of rotatable bonds is 7. The summed E-state index contributed by atoms with van der Waals surface area (Å²) in [4.78, 5) is 22.2. The van der Waals surface area contributed by atoms with Gasteiger partial charge in [0.25, 0.3) is 11.6 Å². The minimum atomic E-state index is -0.575. The molecule has 0 unspecified atom stereocenters. The minimum Gasteiger partial charge on any atom is -0.482 e. The van der Waals surface area contributed by atoms with Gasteiger partial charge in [0, 0.05) is 17.7 Å². The van der Waals surface area contributed by atoms with E-state index in [1.54, 1.807) is 0 Å². The Hall–Kier alpha value is -3.75. The molecule has 0 spiro atoms. The van der Waals surface area contributed by atoms with Gasteiger partial charge in [-0.05, 0) is 29.2 Å². The lowest BCUT2D eigenvalue weighted by Crippen LogP contribution is -2.18. The Morgan fingerprint density at radius 1 is 1.10 bits per heavy atom. The molecule has 1 heterocycles. The predicted molar refractivity (Wildman–Crippen MR) is 107 cm³/mol. The van der Waals surface area contributed by atoms with Gasteiger partial charge in [-0.15, -0.1) is 10.2 Å². The van der Waals surface area contributed by atoms with E-state index < -0.39 is 10.9 Å². The Morgan fingerprint density at radius 2 is 1.80 bits per heavy atom. The second-order valence-corrected chi connectivity index (χ2v) is 7.50. The number of hydrogen-bond acceptors (Lipinski definition) is 8. The molecule has 156 valence electrons. The lowest BCUT2D eigenvalue weighted by atomic mass is 9.86. The molecule has 9 nitrogen and oxygen atoms in total. The van der Waals surface area contributed by atoms with Crippen molar-refractivity contribution in [2.75, 3.05) is 6.61 Å². The van der Waals surface area contributed by atoms with Crippen LogP contribution in [-0.4, -0.2) is 27.7 Å². The molecule has 0 aliphatic heterocycles. The molecule has 0 amide bonds. The summed E-state index contributed by atoms with van der Waals surface area (Å²) in [6, 6.07) is 13.2. The summed E-state index contributed by atoms with van der Waals surface area (Å²) in [7, 11) is 0. The number of nitro groups is 1. The minimum absolute atomic E-state index is 0.0412. The largest absolute Gasteiger partial charge is 0.482 e. The standard InChI is InChI=1S/C21H21N3O6/c1-21(2,3)16-6-4-5-7-17(16)28-13-19(25)29-12-18-22-23-20(30-18)14-8-10-15(11-9-14)24(26)27/h4-11H,12-13H2,1-3H3. The van der Waals surface area contributed by atoms with Gasteiger partial charge < -0.3 is 13.9 Å². The van der Waals surface area contributed by atoms with Crippen LogP contribution in [0.1, 0.15) is 32.2 Å². The first-order valence-electron chi connectivity index (χ1n) is 9.19. The number of non-ortho nitro benzene ring substituents is 1. The molecular formula is C21H21N3O6. The summed E-state index contributed by atoms with van der Waals surface area (Å²) in [5, 5.41) is 18.4. The molecule has 30 heavy (non-hydrogen) atoms. The van der Waals surface area contributed by atoms with Crippen LogP contribution in [0.2, 0.25) is 0 Å². The van der Waals surface area contributed by atoms with Gasteiger partial charge in [0.15, 0.2) is 13.2 Å². The molecule has 0 N–H and O–H groups in total. The van der Waals surface area contributed by atoms with E-state index in [9.17, 15) is 14.9 Å². The van der Waals surface area contributed by atoms with Gasteiger partial charge in [-0.1, -0.05) is 39.0 Å². The average Bonchev–Trinajstić information content (AvgIpc) is 3.19. The van der Waals surface area contributed by atoms with Crippen LogP contribution in [-0.2, 0) is 21.6 Å². The van der Waals surface area contributed by atoms with Gasteiger partial charge in [0.2, 0.25) is 5.89 Å². The summed E-state index contributed by atoms with van der Waals surface area (Å²) in [6.07, 6.45) is 0. The molecule has 0 fully saturated rings. The van der Waals surface area contributed by atoms with Crippen molar-refractivity contribution in [1.29, 1.82) is 0 Å². The van der Waals surface area contributed by atoms with E-state index in [2.05, 4.69) is 31.0 Å². The fourth-order valence-corrected chi connectivity index (χ4v) is 2.69. The van der Waals surface area contributed by atoms with Gasteiger partial charge >= 0.3 is 5.97 Å².